The number of nitrogens with two attached hydrogens (primary N) is 1. The Morgan fingerprint density at radius 2 is 1.84 bits per heavy atom. The molecule has 0 saturated heterocycles. The van der Waals surface area contributed by atoms with Gasteiger partial charge in [-0.2, -0.15) is 0 Å². The van der Waals surface area contributed by atoms with Gasteiger partial charge in [0.15, 0.2) is 0 Å². The summed E-state index contributed by atoms with van der Waals surface area (Å²) >= 11 is 6.10. The second-order valence-corrected chi connectivity index (χ2v) is 5.27. The normalized spacial score (nSPS) is 12.2. The van der Waals surface area contributed by atoms with E-state index in [0.29, 0.717) is 10.8 Å². The molecule has 0 heterocycles. The molecule has 2 N–H and O–H groups in total. The standard InChI is InChI=1S/C16H18ClNO/c1-11-3-8-15(17)16(9-11)19-14-6-4-13(5-7-14)10-12(2)18/h3-9,12H,10,18H2,1-2H3. The van der Waals surface area contributed by atoms with Crippen molar-refractivity contribution < 1.29 is 4.74 Å². The number of rotatable bonds is 4. The Labute approximate surface area is 119 Å². The minimum absolute atomic E-state index is 0.165. The first-order valence-electron chi connectivity index (χ1n) is 6.33. The first-order valence-corrected chi connectivity index (χ1v) is 6.71. The van der Waals surface area contributed by atoms with Crippen molar-refractivity contribution in [1.82, 2.24) is 0 Å². The highest BCUT2D eigenvalue weighted by molar-refractivity contribution is 6.32. The van der Waals surface area contributed by atoms with Crippen LogP contribution in [-0.2, 0) is 6.42 Å². The van der Waals surface area contributed by atoms with Crippen molar-refractivity contribution >= 4 is 11.6 Å². The molecular weight excluding hydrogens is 258 g/mol. The van der Waals surface area contributed by atoms with Gasteiger partial charge in [0.1, 0.15) is 11.5 Å². The maximum absolute atomic E-state index is 6.10. The van der Waals surface area contributed by atoms with Gasteiger partial charge in [-0.15, -0.1) is 0 Å². The summed E-state index contributed by atoms with van der Waals surface area (Å²) < 4.78 is 5.79. The van der Waals surface area contributed by atoms with Crippen LogP contribution in [0.2, 0.25) is 5.02 Å². The quantitative estimate of drug-likeness (QED) is 0.901. The summed E-state index contributed by atoms with van der Waals surface area (Å²) in [4.78, 5) is 0. The van der Waals surface area contributed by atoms with Crippen molar-refractivity contribution in [3.8, 4) is 11.5 Å². The molecule has 3 heteroatoms. The van der Waals surface area contributed by atoms with Crippen molar-refractivity contribution in [3.05, 3.63) is 58.6 Å². The van der Waals surface area contributed by atoms with Gasteiger partial charge >= 0.3 is 0 Å². The van der Waals surface area contributed by atoms with Gasteiger partial charge in [-0.05, 0) is 55.7 Å². The van der Waals surface area contributed by atoms with Crippen LogP contribution in [0.3, 0.4) is 0 Å². The summed E-state index contributed by atoms with van der Waals surface area (Å²) in [5.41, 5.74) is 8.10. The van der Waals surface area contributed by atoms with E-state index >= 15 is 0 Å². The fourth-order valence-electron chi connectivity index (χ4n) is 1.88. The van der Waals surface area contributed by atoms with Crippen molar-refractivity contribution in [2.75, 3.05) is 0 Å². The predicted molar refractivity (Wildman–Crippen MR) is 80.1 cm³/mol. The fraction of sp³-hybridized carbons (Fsp3) is 0.250. The molecule has 2 rings (SSSR count). The minimum atomic E-state index is 0.165. The molecule has 0 aliphatic carbocycles. The van der Waals surface area contributed by atoms with Crippen LogP contribution in [0.1, 0.15) is 18.1 Å². The molecule has 0 saturated carbocycles. The van der Waals surface area contributed by atoms with E-state index in [2.05, 4.69) is 0 Å². The zero-order chi connectivity index (χ0) is 13.8. The molecule has 0 amide bonds. The van der Waals surface area contributed by atoms with Gasteiger partial charge in [0.05, 0.1) is 5.02 Å². The zero-order valence-corrected chi connectivity index (χ0v) is 11.9. The predicted octanol–water partition coefficient (Wildman–Crippen LogP) is 4.33. The molecule has 100 valence electrons. The molecule has 19 heavy (non-hydrogen) atoms. The molecule has 0 aliphatic rings. The minimum Gasteiger partial charge on any atom is -0.456 e. The van der Waals surface area contributed by atoms with E-state index in [9.17, 15) is 0 Å². The average molecular weight is 276 g/mol. The molecule has 1 atom stereocenters. The smallest absolute Gasteiger partial charge is 0.146 e. The lowest BCUT2D eigenvalue weighted by Gasteiger charge is -2.10. The Morgan fingerprint density at radius 1 is 1.16 bits per heavy atom. The van der Waals surface area contributed by atoms with E-state index in [1.807, 2.05) is 56.3 Å². The van der Waals surface area contributed by atoms with E-state index in [0.717, 1.165) is 17.7 Å². The highest BCUT2D eigenvalue weighted by Crippen LogP contribution is 2.30. The number of ether oxygens (including phenoxy) is 1. The molecule has 0 spiro atoms. The van der Waals surface area contributed by atoms with Crippen molar-refractivity contribution in [2.24, 2.45) is 5.73 Å². The third-order valence-electron chi connectivity index (χ3n) is 2.80. The molecule has 2 aromatic carbocycles. The van der Waals surface area contributed by atoms with Gasteiger partial charge in [0, 0.05) is 6.04 Å². The summed E-state index contributed by atoms with van der Waals surface area (Å²) in [6.45, 7) is 4.01. The second-order valence-electron chi connectivity index (χ2n) is 4.86. The van der Waals surface area contributed by atoms with E-state index in [-0.39, 0.29) is 6.04 Å². The van der Waals surface area contributed by atoms with Crippen LogP contribution in [-0.4, -0.2) is 6.04 Å². The van der Waals surface area contributed by atoms with Crippen molar-refractivity contribution in [2.45, 2.75) is 26.3 Å². The molecule has 0 fully saturated rings. The highest BCUT2D eigenvalue weighted by atomic mass is 35.5. The van der Waals surface area contributed by atoms with E-state index in [1.165, 1.54) is 5.56 Å². The Morgan fingerprint density at radius 3 is 2.47 bits per heavy atom. The monoisotopic (exact) mass is 275 g/mol. The third kappa shape index (κ3) is 3.98. The Balaban J connectivity index is 2.13. The lowest BCUT2D eigenvalue weighted by molar-refractivity contribution is 0.482. The van der Waals surface area contributed by atoms with Crippen LogP contribution in [0.5, 0.6) is 11.5 Å². The topological polar surface area (TPSA) is 35.2 Å². The molecule has 0 radical (unpaired) electrons. The summed E-state index contributed by atoms with van der Waals surface area (Å²) in [6, 6.07) is 13.8. The number of hydrogen-bond acceptors (Lipinski definition) is 2. The summed E-state index contributed by atoms with van der Waals surface area (Å²) in [5.74, 6) is 1.46. The van der Waals surface area contributed by atoms with Crippen LogP contribution < -0.4 is 10.5 Å². The molecule has 0 aliphatic heterocycles. The van der Waals surface area contributed by atoms with E-state index < -0.39 is 0 Å². The largest absolute Gasteiger partial charge is 0.456 e. The van der Waals surface area contributed by atoms with Gasteiger partial charge in [0.2, 0.25) is 0 Å². The molecule has 1 unspecified atom stereocenters. The Hall–Kier alpha value is -1.51. The number of hydrogen-bond donors (Lipinski definition) is 1. The van der Waals surface area contributed by atoms with Gasteiger partial charge in [-0.25, -0.2) is 0 Å². The van der Waals surface area contributed by atoms with Gasteiger partial charge in [0.25, 0.3) is 0 Å². The molecule has 2 aromatic rings. The van der Waals surface area contributed by atoms with Crippen LogP contribution in [0, 0.1) is 6.92 Å². The van der Waals surface area contributed by atoms with Crippen LogP contribution in [0.15, 0.2) is 42.5 Å². The van der Waals surface area contributed by atoms with Crippen LogP contribution in [0.4, 0.5) is 0 Å². The van der Waals surface area contributed by atoms with Crippen molar-refractivity contribution in [3.63, 3.8) is 0 Å². The molecule has 0 bridgehead atoms. The first-order chi connectivity index (χ1) is 9.04. The lowest BCUT2D eigenvalue weighted by atomic mass is 10.1. The number of halogens is 1. The SMILES string of the molecule is Cc1ccc(Cl)c(Oc2ccc(CC(C)N)cc2)c1. The maximum atomic E-state index is 6.10. The van der Waals surface area contributed by atoms with E-state index in [1.54, 1.807) is 0 Å². The number of benzene rings is 2. The van der Waals surface area contributed by atoms with Crippen molar-refractivity contribution in [1.29, 1.82) is 0 Å². The van der Waals surface area contributed by atoms with Gasteiger partial charge < -0.3 is 10.5 Å². The summed E-state index contributed by atoms with van der Waals surface area (Å²) in [6.07, 6.45) is 0.867. The molecule has 2 nitrogen and oxygen atoms in total. The average Bonchev–Trinajstić information content (AvgIpc) is 2.35. The Kier molecular flexibility index (Phi) is 4.46. The maximum Gasteiger partial charge on any atom is 0.146 e. The summed E-state index contributed by atoms with van der Waals surface area (Å²) in [5, 5.41) is 0.616. The van der Waals surface area contributed by atoms with E-state index in [4.69, 9.17) is 22.1 Å². The van der Waals surface area contributed by atoms with Crippen LogP contribution >= 0.6 is 11.6 Å². The second kappa shape index (κ2) is 6.09. The van der Waals surface area contributed by atoms with Gasteiger partial charge in [-0.3, -0.25) is 0 Å². The molecule has 0 aromatic heterocycles. The summed E-state index contributed by atoms with van der Waals surface area (Å²) in [7, 11) is 0. The van der Waals surface area contributed by atoms with Crippen LogP contribution in [0.25, 0.3) is 0 Å². The highest BCUT2D eigenvalue weighted by Gasteiger charge is 2.04. The van der Waals surface area contributed by atoms with Gasteiger partial charge in [-0.1, -0.05) is 29.8 Å². The number of aryl methyl sites for hydroxylation is 1. The third-order valence-corrected chi connectivity index (χ3v) is 3.11. The zero-order valence-electron chi connectivity index (χ0n) is 11.2. The molecular formula is C16H18ClNO. The lowest BCUT2D eigenvalue weighted by Crippen LogP contribution is -2.17. The first kappa shape index (κ1) is 13.9. The Bertz CT molecular complexity index is 549. The fourth-order valence-corrected chi connectivity index (χ4v) is 2.04.